The highest BCUT2D eigenvalue weighted by Crippen LogP contribution is 2.44. The number of carbonyl (C=O) groups is 1. The van der Waals surface area contributed by atoms with E-state index in [1.54, 1.807) is 0 Å². The number of hydrogen-bond acceptors (Lipinski definition) is 4. The van der Waals surface area contributed by atoms with E-state index in [1.807, 2.05) is 6.92 Å². The maximum Gasteiger partial charge on any atom is 0.263 e. The van der Waals surface area contributed by atoms with Crippen molar-refractivity contribution in [1.29, 1.82) is 0 Å². The van der Waals surface area contributed by atoms with Gasteiger partial charge in [0.2, 0.25) is 0 Å². The summed E-state index contributed by atoms with van der Waals surface area (Å²) < 4.78 is 0. The molecule has 4 nitrogen and oxygen atoms in total. The number of aliphatic hydroxyl groups is 1. The summed E-state index contributed by atoms with van der Waals surface area (Å²) >= 11 is 1.43. The molecular formula is C18H22N2O2S. The molecule has 0 atom stereocenters. The molecule has 1 saturated carbocycles. The highest BCUT2D eigenvalue weighted by Gasteiger charge is 2.42. The number of carbonyl (C=O) groups excluding carboxylic acids is 1. The first kappa shape index (κ1) is 16.1. The molecule has 1 fully saturated rings. The fourth-order valence-corrected chi connectivity index (χ4v) is 3.76. The Labute approximate surface area is 140 Å². The molecule has 23 heavy (non-hydrogen) atoms. The van der Waals surface area contributed by atoms with E-state index in [2.05, 4.69) is 42.3 Å². The van der Waals surface area contributed by atoms with Gasteiger partial charge in [0.25, 0.3) is 5.91 Å². The van der Waals surface area contributed by atoms with Crippen molar-refractivity contribution in [2.45, 2.75) is 33.6 Å². The van der Waals surface area contributed by atoms with Gasteiger partial charge in [0, 0.05) is 17.5 Å². The van der Waals surface area contributed by atoms with Gasteiger partial charge >= 0.3 is 0 Å². The third-order valence-corrected chi connectivity index (χ3v) is 5.72. The molecule has 5 heteroatoms. The van der Waals surface area contributed by atoms with E-state index in [9.17, 15) is 9.90 Å². The summed E-state index contributed by atoms with van der Waals surface area (Å²) in [5.74, 6) is -0.0873. The molecule has 3 rings (SSSR count). The SMILES string of the molecule is Cc1ccc(-c2nc(C)c(C(=O)NCC3(CO)CC3)s2)c(C)c1. The first-order chi connectivity index (χ1) is 10.9. The summed E-state index contributed by atoms with van der Waals surface area (Å²) in [5, 5.41) is 13.2. The van der Waals surface area contributed by atoms with Gasteiger partial charge in [-0.3, -0.25) is 4.79 Å². The van der Waals surface area contributed by atoms with Crippen molar-refractivity contribution in [3.63, 3.8) is 0 Å². The number of aliphatic hydroxyl groups excluding tert-OH is 1. The van der Waals surface area contributed by atoms with Crippen LogP contribution in [0, 0.1) is 26.2 Å². The lowest BCUT2D eigenvalue weighted by atomic mass is 10.1. The normalized spacial score (nSPS) is 15.5. The summed E-state index contributed by atoms with van der Waals surface area (Å²) in [6.45, 7) is 6.69. The van der Waals surface area contributed by atoms with Crippen LogP contribution in [-0.2, 0) is 0 Å². The fourth-order valence-electron chi connectivity index (χ4n) is 2.69. The molecule has 1 amide bonds. The average molecular weight is 330 g/mol. The molecule has 0 aliphatic heterocycles. The summed E-state index contributed by atoms with van der Waals surface area (Å²) in [6.07, 6.45) is 1.97. The lowest BCUT2D eigenvalue weighted by Gasteiger charge is -2.12. The number of amides is 1. The molecule has 1 aromatic carbocycles. The molecule has 2 N–H and O–H groups in total. The van der Waals surface area contributed by atoms with Gasteiger partial charge in [-0.25, -0.2) is 4.98 Å². The van der Waals surface area contributed by atoms with Gasteiger partial charge in [-0.2, -0.15) is 0 Å². The average Bonchev–Trinajstić information content (AvgIpc) is 3.20. The van der Waals surface area contributed by atoms with E-state index in [0.717, 1.165) is 29.1 Å². The Hall–Kier alpha value is -1.72. The summed E-state index contributed by atoms with van der Waals surface area (Å²) in [6, 6.07) is 6.26. The van der Waals surface area contributed by atoms with Crippen LogP contribution in [0.5, 0.6) is 0 Å². The zero-order chi connectivity index (χ0) is 16.6. The number of nitrogens with one attached hydrogen (secondary N) is 1. The first-order valence-corrected chi connectivity index (χ1v) is 8.70. The summed E-state index contributed by atoms with van der Waals surface area (Å²) in [4.78, 5) is 17.7. The molecule has 2 aromatic rings. The molecule has 1 heterocycles. The number of nitrogens with zero attached hydrogens (tertiary/aromatic N) is 1. The van der Waals surface area contributed by atoms with Crippen molar-refractivity contribution < 1.29 is 9.90 Å². The van der Waals surface area contributed by atoms with Crippen molar-refractivity contribution in [1.82, 2.24) is 10.3 Å². The predicted molar refractivity (Wildman–Crippen MR) is 92.8 cm³/mol. The van der Waals surface area contributed by atoms with E-state index < -0.39 is 0 Å². The molecular weight excluding hydrogens is 308 g/mol. The molecule has 0 radical (unpaired) electrons. The van der Waals surface area contributed by atoms with Crippen molar-refractivity contribution in [3.05, 3.63) is 39.9 Å². The number of aromatic nitrogens is 1. The largest absolute Gasteiger partial charge is 0.396 e. The minimum absolute atomic E-state index is 0.0787. The van der Waals surface area contributed by atoms with Crippen LogP contribution in [0.1, 0.15) is 39.3 Å². The number of hydrogen-bond donors (Lipinski definition) is 2. The standard InChI is InChI=1S/C18H22N2O2S/c1-11-4-5-14(12(2)8-11)17-20-13(3)15(23-17)16(22)19-9-18(10-21)6-7-18/h4-5,8,21H,6-7,9-10H2,1-3H3,(H,19,22). The molecule has 0 spiro atoms. The van der Waals surface area contributed by atoms with Crippen LogP contribution in [0.4, 0.5) is 0 Å². The second kappa shape index (κ2) is 6.06. The Morgan fingerprint density at radius 2 is 2.09 bits per heavy atom. The Morgan fingerprint density at radius 1 is 1.35 bits per heavy atom. The smallest absolute Gasteiger partial charge is 0.263 e. The van der Waals surface area contributed by atoms with Crippen molar-refractivity contribution in [2.75, 3.05) is 13.2 Å². The maximum atomic E-state index is 12.4. The van der Waals surface area contributed by atoms with Gasteiger partial charge in [-0.15, -0.1) is 11.3 Å². The molecule has 0 unspecified atom stereocenters. The number of aryl methyl sites for hydroxylation is 3. The molecule has 122 valence electrons. The minimum atomic E-state index is -0.0873. The summed E-state index contributed by atoms with van der Waals surface area (Å²) in [7, 11) is 0. The fraction of sp³-hybridized carbons (Fsp3) is 0.444. The Morgan fingerprint density at radius 3 is 2.70 bits per heavy atom. The van der Waals surface area contributed by atoms with E-state index >= 15 is 0 Å². The quantitative estimate of drug-likeness (QED) is 0.885. The van der Waals surface area contributed by atoms with E-state index in [-0.39, 0.29) is 17.9 Å². The molecule has 1 aliphatic carbocycles. The van der Waals surface area contributed by atoms with Gasteiger partial charge in [-0.1, -0.05) is 23.8 Å². The Bertz CT molecular complexity index is 747. The van der Waals surface area contributed by atoms with Crippen LogP contribution >= 0.6 is 11.3 Å². The Kier molecular flexibility index (Phi) is 4.25. The first-order valence-electron chi connectivity index (χ1n) is 7.88. The molecule has 1 aromatic heterocycles. The maximum absolute atomic E-state index is 12.4. The monoisotopic (exact) mass is 330 g/mol. The van der Waals surface area contributed by atoms with E-state index in [4.69, 9.17) is 0 Å². The van der Waals surface area contributed by atoms with Crippen molar-refractivity contribution in [3.8, 4) is 10.6 Å². The number of thiazole rings is 1. The predicted octanol–water partition coefficient (Wildman–Crippen LogP) is 3.24. The van der Waals surface area contributed by atoms with Gasteiger partial charge in [0.05, 0.1) is 12.3 Å². The zero-order valence-corrected chi connectivity index (χ0v) is 14.6. The van der Waals surface area contributed by atoms with Gasteiger partial charge in [0.15, 0.2) is 0 Å². The minimum Gasteiger partial charge on any atom is -0.396 e. The number of rotatable bonds is 5. The van der Waals surface area contributed by atoms with Crippen LogP contribution in [0.2, 0.25) is 0 Å². The summed E-state index contributed by atoms with van der Waals surface area (Å²) in [5.41, 5.74) is 4.15. The lowest BCUT2D eigenvalue weighted by Crippen LogP contribution is -2.31. The highest BCUT2D eigenvalue weighted by molar-refractivity contribution is 7.17. The number of benzene rings is 1. The highest BCUT2D eigenvalue weighted by atomic mass is 32.1. The third kappa shape index (κ3) is 3.31. The van der Waals surface area contributed by atoms with E-state index in [0.29, 0.717) is 11.4 Å². The third-order valence-electron chi connectivity index (χ3n) is 4.53. The topological polar surface area (TPSA) is 62.2 Å². The van der Waals surface area contributed by atoms with Crippen molar-refractivity contribution in [2.24, 2.45) is 5.41 Å². The van der Waals surface area contributed by atoms with Crippen LogP contribution in [0.15, 0.2) is 18.2 Å². The Balaban J connectivity index is 1.79. The second-order valence-electron chi connectivity index (χ2n) is 6.59. The van der Waals surface area contributed by atoms with Crippen LogP contribution in [-0.4, -0.2) is 29.1 Å². The lowest BCUT2D eigenvalue weighted by molar-refractivity contribution is 0.0938. The van der Waals surface area contributed by atoms with Crippen molar-refractivity contribution >= 4 is 17.2 Å². The second-order valence-corrected chi connectivity index (χ2v) is 7.59. The van der Waals surface area contributed by atoms with E-state index in [1.165, 1.54) is 22.5 Å². The molecule has 1 aliphatic rings. The molecule has 0 bridgehead atoms. The van der Waals surface area contributed by atoms with Crippen LogP contribution in [0.3, 0.4) is 0 Å². The zero-order valence-electron chi connectivity index (χ0n) is 13.8. The van der Waals surface area contributed by atoms with Gasteiger partial charge in [-0.05, 0) is 39.2 Å². The van der Waals surface area contributed by atoms with Gasteiger partial charge < -0.3 is 10.4 Å². The van der Waals surface area contributed by atoms with Gasteiger partial charge in [0.1, 0.15) is 9.88 Å². The van der Waals surface area contributed by atoms with Crippen LogP contribution < -0.4 is 5.32 Å². The van der Waals surface area contributed by atoms with Crippen LogP contribution in [0.25, 0.3) is 10.6 Å². The molecule has 0 saturated heterocycles.